The predicted molar refractivity (Wildman–Crippen MR) is 481 cm³/mol. The molecule has 1 saturated heterocycles. The Hall–Kier alpha value is -9.90. The molecule has 16 rings (SSSR count). The van der Waals surface area contributed by atoms with Gasteiger partial charge >= 0.3 is 0 Å². The van der Waals surface area contributed by atoms with Gasteiger partial charge in [-0.3, -0.25) is 9.59 Å². The summed E-state index contributed by atoms with van der Waals surface area (Å²) in [5.41, 5.74) is 36.3. The Morgan fingerprint density at radius 2 is 1.30 bits per heavy atom. The summed E-state index contributed by atoms with van der Waals surface area (Å²) in [5.74, 6) is 8.48. The van der Waals surface area contributed by atoms with Gasteiger partial charge in [0.2, 0.25) is 26.3 Å². The zero-order valence-corrected chi connectivity index (χ0v) is 75.2. The summed E-state index contributed by atoms with van der Waals surface area (Å²) >= 11 is 10.7. The van der Waals surface area contributed by atoms with E-state index in [1.165, 1.54) is 31.3 Å². The molecule has 1 atom stereocenters. The second-order valence-corrected chi connectivity index (χ2v) is 36.5. The van der Waals surface area contributed by atoms with Gasteiger partial charge in [-0.25, -0.2) is 49.8 Å². The Labute approximate surface area is 731 Å². The largest absolute Gasteiger partial charge is 0.454 e. The molecule has 636 valence electrons. The van der Waals surface area contributed by atoms with Crippen LogP contribution in [0.1, 0.15) is 107 Å². The number of rotatable bonds is 20. The standard InChI is InChI=1S/C22H25BrN6O4S.C22H30N6O2S.C20H25N5OS.C19H23IN6O2/c1-12(30)21(31)28-5-2-13(3-6-28)4-7-29-20-18(19(24)25-10-26-20)27-22(29)34-17-9-16-15(8-14(17)23)32-11-33-16;1-22(2,3)12-24-8-9-28-14-6-7-25-20(23)19(14)26-21(28)31-18-11-17-16(29-13-30-17)10-15(18)27(4)5;1-12-9-13(2)16-10-15(12)17-11-18(25-20(21)24-17)27-8-5-14(3)22-6-4-7-23-19(16)26;1-11(2)8-22-3-4-26-16(25-17-18(21)23-9-24-19(17)26)6-12-5-14-15(7-13(12)20)28-10-27-14/h8-10,12-13,30H,2-7,11H2,1H3,(H2,24,25,26);6-7,10-11,24H,8-9,12-13H2,1-5H3,(H2,23,25);9-11,22H,3-8H2,1-2H3,(H,23,26)(H2,21,24,25);5,7,9,11,22H,3-4,6,8,10H2,1-2H3,(H2,21,23,24)/t12-;;;/m0.../s1. The first kappa shape index (κ1) is 87.9. The average Bonchev–Trinajstić information content (AvgIpc) is 1.69. The SMILES string of the molecule is C=C1CCSc2cc(nc(N)n2)-c2cc(c(C)cc2C)C(=O)NCCCN1.CC(C)CNCCn1c(Cc2cc3c(cc2I)OCO3)nc2c(N)ncnc21.CN(C)c1cc2c(cc1Sc1nc3c(N)nccc3n1CCNCC(C)(C)C)OCO2.C[C@H](O)C(=O)N1CCC(CCn2c(Sc3cc4c(cc3Br)OCO4)nc3c(N)ncnc32)CC1. The van der Waals surface area contributed by atoms with Crippen molar-refractivity contribution < 1.29 is 43.1 Å². The summed E-state index contributed by atoms with van der Waals surface area (Å²) in [5, 5.41) is 25.4. The van der Waals surface area contributed by atoms with Gasteiger partial charge in [-0.2, -0.15) is 0 Å². The van der Waals surface area contributed by atoms with Gasteiger partial charge in [0.25, 0.3) is 11.8 Å². The molecule has 0 saturated carbocycles. The van der Waals surface area contributed by atoms with Gasteiger partial charge in [0.15, 0.2) is 84.6 Å². The number of thioether (sulfide) groups is 1. The fourth-order valence-electron chi connectivity index (χ4n) is 14.0. The minimum absolute atomic E-state index is 0.0729. The number of amides is 2. The molecular formula is C83H103BrIN23O9S3. The number of aromatic nitrogens is 13. The highest BCUT2D eigenvalue weighted by molar-refractivity contribution is 14.1. The molecule has 37 heteroatoms. The second kappa shape index (κ2) is 39.7. The van der Waals surface area contributed by atoms with Crippen LogP contribution in [0.5, 0.6) is 34.5 Å². The summed E-state index contributed by atoms with van der Waals surface area (Å²) < 4.78 is 41.6. The van der Waals surface area contributed by atoms with Gasteiger partial charge in [0.1, 0.15) is 35.1 Å². The lowest BCUT2D eigenvalue weighted by Crippen LogP contribution is -2.43. The van der Waals surface area contributed by atoms with Gasteiger partial charge < -0.3 is 101 Å². The van der Waals surface area contributed by atoms with E-state index >= 15 is 0 Å². The van der Waals surface area contributed by atoms with Crippen LogP contribution < -0.4 is 77.5 Å². The Balaban J connectivity index is 0.000000139. The van der Waals surface area contributed by atoms with Crippen LogP contribution in [0.3, 0.4) is 0 Å². The number of benzene rings is 4. The maximum absolute atomic E-state index is 12.6. The first-order chi connectivity index (χ1) is 57.6. The van der Waals surface area contributed by atoms with Crippen LogP contribution >= 0.6 is 73.8 Å². The predicted octanol–water partition coefficient (Wildman–Crippen LogP) is 12.3. The fraction of sp³-hybridized carbons (Fsp3) is 0.422. The number of hydrogen-bond donors (Lipinski definition) is 9. The molecule has 1 fully saturated rings. The highest BCUT2D eigenvalue weighted by Gasteiger charge is 2.29. The van der Waals surface area contributed by atoms with Crippen molar-refractivity contribution in [1.29, 1.82) is 0 Å². The molecule has 2 amide bonds. The van der Waals surface area contributed by atoms with Gasteiger partial charge in [-0.1, -0.05) is 59.0 Å². The molecular weight excluding hydrogens is 1770 g/mol. The fourth-order valence-corrected chi connectivity index (χ4v) is 18.2. The number of carbonyl (C=O) groups excluding carboxylic acids is 2. The number of carbonyl (C=O) groups is 2. The number of nitrogen functional groups attached to an aromatic ring is 4. The Morgan fingerprint density at radius 1 is 0.708 bits per heavy atom. The summed E-state index contributed by atoms with van der Waals surface area (Å²) in [7, 11) is 4.03. The molecule has 0 spiro atoms. The third-order valence-corrected chi connectivity index (χ3v) is 25.2. The van der Waals surface area contributed by atoms with Crippen molar-refractivity contribution in [3.05, 3.63) is 128 Å². The average molecular weight is 1870 g/mol. The number of aryl methyl sites for hydroxylation is 3. The summed E-state index contributed by atoms with van der Waals surface area (Å²) in [6.45, 7) is 29.9. The van der Waals surface area contributed by atoms with E-state index in [0.717, 1.165) is 202 Å². The van der Waals surface area contributed by atoms with Crippen LogP contribution in [0.25, 0.3) is 44.6 Å². The molecule has 120 heavy (non-hydrogen) atoms. The van der Waals surface area contributed by atoms with Crippen LogP contribution in [0.2, 0.25) is 0 Å². The molecule has 4 bridgehead atoms. The Kier molecular flexibility index (Phi) is 29.1. The minimum atomic E-state index is -0.950. The van der Waals surface area contributed by atoms with Gasteiger partial charge in [0.05, 0.1) is 16.9 Å². The van der Waals surface area contributed by atoms with Crippen molar-refractivity contribution in [2.24, 2.45) is 17.3 Å². The van der Waals surface area contributed by atoms with Crippen molar-refractivity contribution >= 4 is 148 Å². The van der Waals surface area contributed by atoms with E-state index in [9.17, 15) is 14.7 Å². The number of imidazole rings is 3. The zero-order chi connectivity index (χ0) is 85.1. The molecule has 5 aliphatic heterocycles. The highest BCUT2D eigenvalue weighted by Crippen LogP contribution is 2.47. The van der Waals surface area contributed by atoms with Crippen molar-refractivity contribution in [3.8, 4) is 45.8 Å². The van der Waals surface area contributed by atoms with Crippen LogP contribution in [-0.2, 0) is 30.8 Å². The number of hydrogen-bond acceptors (Lipinski definition) is 30. The van der Waals surface area contributed by atoms with Gasteiger partial charge in [-0.15, -0.1) is 11.8 Å². The van der Waals surface area contributed by atoms with E-state index in [0.29, 0.717) is 95.6 Å². The number of aliphatic hydroxyl groups is 1. The van der Waals surface area contributed by atoms with Crippen LogP contribution in [-0.4, -0.2) is 184 Å². The molecule has 32 nitrogen and oxygen atoms in total. The number of likely N-dealkylation sites (tertiary alicyclic amines) is 1. The van der Waals surface area contributed by atoms with Crippen molar-refractivity contribution in [2.45, 2.75) is 145 Å². The zero-order valence-electron chi connectivity index (χ0n) is 69.0. The normalized spacial score (nSPS) is 14.8. The number of nitrogens with one attached hydrogen (secondary N) is 4. The Morgan fingerprint density at radius 3 is 1.98 bits per heavy atom. The number of anilines is 5. The van der Waals surface area contributed by atoms with Gasteiger partial charge in [-0.05, 0) is 186 Å². The molecule has 12 heterocycles. The molecule has 7 aromatic heterocycles. The summed E-state index contributed by atoms with van der Waals surface area (Å²) in [6.07, 6.45) is 8.78. The summed E-state index contributed by atoms with van der Waals surface area (Å²) in [4.78, 5) is 74.9. The molecule has 0 unspecified atom stereocenters. The monoisotopic (exact) mass is 1870 g/mol. The third-order valence-electron chi connectivity index (χ3n) is 20.2. The minimum Gasteiger partial charge on any atom is -0.454 e. The molecule has 4 aromatic carbocycles. The van der Waals surface area contributed by atoms with Crippen LogP contribution in [0.4, 0.5) is 29.1 Å². The molecule has 0 aliphatic carbocycles. The number of nitrogens with two attached hydrogens (primary N) is 4. The lowest BCUT2D eigenvalue weighted by Gasteiger charge is -2.32. The maximum atomic E-state index is 12.6. The number of halogens is 2. The first-order valence-corrected chi connectivity index (χ1v) is 44.2. The lowest BCUT2D eigenvalue weighted by atomic mass is 9.93. The maximum Gasteiger partial charge on any atom is 0.251 e. The van der Waals surface area contributed by atoms with Crippen LogP contribution in [0.15, 0.2) is 121 Å². The number of allylic oxidation sites excluding steroid dienone is 1. The van der Waals surface area contributed by atoms with E-state index in [1.54, 1.807) is 34.6 Å². The molecule has 11 aromatic rings. The second-order valence-electron chi connectivity index (χ2n) is 31.3. The number of pyridine rings is 1. The van der Waals surface area contributed by atoms with Crippen molar-refractivity contribution in [3.63, 3.8) is 0 Å². The smallest absolute Gasteiger partial charge is 0.251 e. The Bertz CT molecular complexity index is 5540. The van der Waals surface area contributed by atoms with Crippen molar-refractivity contribution in [1.82, 2.24) is 89.7 Å². The van der Waals surface area contributed by atoms with Gasteiger partial charge in [0, 0.05) is 145 Å². The number of piperidine rings is 1. The topological polar surface area (TPSA) is 412 Å². The van der Waals surface area contributed by atoms with Crippen LogP contribution in [0, 0.1) is 34.7 Å². The highest BCUT2D eigenvalue weighted by atomic mass is 127. The van der Waals surface area contributed by atoms with E-state index in [1.807, 2.05) is 88.6 Å². The third kappa shape index (κ3) is 21.9. The number of nitrogens with zero attached hydrogens (tertiary/aromatic N) is 15. The summed E-state index contributed by atoms with van der Waals surface area (Å²) in [6, 6.07) is 19.7. The lowest BCUT2D eigenvalue weighted by molar-refractivity contribution is -0.140. The van der Waals surface area contributed by atoms with E-state index in [-0.39, 0.29) is 43.6 Å². The van der Waals surface area contributed by atoms with Crippen molar-refractivity contribution in [2.75, 3.05) is 120 Å². The molecule has 13 N–H and O–H groups in total. The quantitative estimate of drug-likeness (QED) is 0.0194. The van der Waals surface area contributed by atoms with E-state index < -0.39 is 6.10 Å². The number of ether oxygens (including phenoxy) is 6. The number of aliphatic hydroxyl groups excluding tert-OH is 1. The van der Waals surface area contributed by atoms with E-state index in [4.69, 9.17) is 66.3 Å². The van der Waals surface area contributed by atoms with E-state index in [2.05, 4.69) is 154 Å². The molecule has 0 radical (unpaired) electrons. The number of fused-ring (bicyclic) bond motifs is 11. The first-order valence-electron chi connectivity index (χ1n) is 39.7. The molecule has 5 aliphatic rings.